The normalized spacial score (nSPS) is 20.1. The van der Waals surface area contributed by atoms with Gasteiger partial charge in [0.1, 0.15) is 0 Å². The molecule has 0 aromatic rings. The minimum atomic E-state index is -0.685. The zero-order valence-electron chi connectivity index (χ0n) is 7.60. The van der Waals surface area contributed by atoms with E-state index in [4.69, 9.17) is 5.11 Å². The summed E-state index contributed by atoms with van der Waals surface area (Å²) >= 11 is 0. The van der Waals surface area contributed by atoms with Crippen LogP contribution in [0.4, 0.5) is 0 Å². The standard InChI is InChI=1S/C10H16O2.Na.H/c1-8(2)10(9(11)12)6-4-3-5-7-10;;/h1,3-7H2,2H3,(H,11,12);;. The maximum absolute atomic E-state index is 11.1. The summed E-state index contributed by atoms with van der Waals surface area (Å²) in [4.78, 5) is 11.1. The summed E-state index contributed by atoms with van der Waals surface area (Å²) in [6.07, 6.45) is 4.77. The molecule has 0 atom stereocenters. The number of aliphatic carboxylic acids is 1. The first-order valence-electron chi connectivity index (χ1n) is 4.49. The Kier molecular flexibility index (Phi) is 5.26. The second-order valence-electron chi connectivity index (χ2n) is 3.73. The molecule has 0 spiro atoms. The Morgan fingerprint density at radius 2 is 1.77 bits per heavy atom. The van der Waals surface area contributed by atoms with Crippen LogP contribution in [0, 0.1) is 5.41 Å². The number of rotatable bonds is 2. The zero-order chi connectivity index (χ0) is 9.19. The molecule has 1 aliphatic rings. The average Bonchev–Trinajstić information content (AvgIpc) is 2.05. The van der Waals surface area contributed by atoms with Gasteiger partial charge in [-0.25, -0.2) is 0 Å². The Morgan fingerprint density at radius 3 is 2.00 bits per heavy atom. The van der Waals surface area contributed by atoms with Gasteiger partial charge in [0.25, 0.3) is 0 Å². The van der Waals surface area contributed by atoms with Crippen LogP contribution in [0.25, 0.3) is 0 Å². The first kappa shape index (κ1) is 13.2. The van der Waals surface area contributed by atoms with Gasteiger partial charge >= 0.3 is 35.5 Å². The summed E-state index contributed by atoms with van der Waals surface area (Å²) in [5, 5.41) is 9.10. The predicted molar refractivity (Wildman–Crippen MR) is 55.1 cm³/mol. The fourth-order valence-corrected chi connectivity index (χ4v) is 1.98. The van der Waals surface area contributed by atoms with Crippen LogP contribution in [-0.2, 0) is 4.79 Å². The molecule has 2 nitrogen and oxygen atoms in total. The molecule has 1 saturated carbocycles. The first-order valence-corrected chi connectivity index (χ1v) is 4.49. The van der Waals surface area contributed by atoms with Gasteiger partial charge in [0.2, 0.25) is 0 Å². The van der Waals surface area contributed by atoms with Gasteiger partial charge in [0.05, 0.1) is 5.41 Å². The molecule has 3 heteroatoms. The van der Waals surface area contributed by atoms with E-state index < -0.39 is 11.4 Å². The Morgan fingerprint density at radius 1 is 1.31 bits per heavy atom. The van der Waals surface area contributed by atoms with Crippen LogP contribution >= 0.6 is 0 Å². The Bertz CT molecular complexity index is 189. The van der Waals surface area contributed by atoms with E-state index in [9.17, 15) is 4.79 Å². The second kappa shape index (κ2) is 5.18. The van der Waals surface area contributed by atoms with Gasteiger partial charge in [0, 0.05) is 0 Å². The molecule has 0 radical (unpaired) electrons. The number of carboxylic acids is 1. The van der Waals surface area contributed by atoms with Crippen molar-refractivity contribution < 1.29 is 9.90 Å². The van der Waals surface area contributed by atoms with Crippen molar-refractivity contribution in [1.29, 1.82) is 0 Å². The number of carbonyl (C=O) groups is 1. The second-order valence-corrected chi connectivity index (χ2v) is 3.73. The van der Waals surface area contributed by atoms with Crippen molar-refractivity contribution in [2.75, 3.05) is 0 Å². The molecule has 0 amide bonds. The Labute approximate surface area is 102 Å². The summed E-state index contributed by atoms with van der Waals surface area (Å²) in [6.45, 7) is 5.62. The van der Waals surface area contributed by atoms with Crippen molar-refractivity contribution >= 4 is 35.5 Å². The predicted octanol–water partition coefficient (Wildman–Crippen LogP) is 1.95. The molecule has 0 aromatic heterocycles. The van der Waals surface area contributed by atoms with Gasteiger partial charge in [-0.15, -0.1) is 0 Å². The molecule has 0 aliphatic heterocycles. The molecule has 0 bridgehead atoms. The van der Waals surface area contributed by atoms with Crippen LogP contribution in [0.15, 0.2) is 12.2 Å². The van der Waals surface area contributed by atoms with E-state index in [1.807, 2.05) is 6.92 Å². The van der Waals surface area contributed by atoms with Crippen molar-refractivity contribution in [3.05, 3.63) is 12.2 Å². The summed E-state index contributed by atoms with van der Waals surface area (Å²) in [5.74, 6) is -0.685. The molecule has 1 fully saturated rings. The van der Waals surface area contributed by atoms with E-state index in [1.54, 1.807) is 0 Å². The van der Waals surface area contributed by atoms with Gasteiger partial charge in [0.15, 0.2) is 0 Å². The molecular formula is C10H17NaO2. The van der Waals surface area contributed by atoms with Gasteiger partial charge < -0.3 is 5.11 Å². The van der Waals surface area contributed by atoms with E-state index in [0.717, 1.165) is 31.3 Å². The summed E-state index contributed by atoms with van der Waals surface area (Å²) < 4.78 is 0. The van der Waals surface area contributed by atoms with Crippen molar-refractivity contribution in [2.24, 2.45) is 5.41 Å². The topological polar surface area (TPSA) is 37.3 Å². The third kappa shape index (κ3) is 2.58. The fraction of sp³-hybridized carbons (Fsp3) is 0.700. The summed E-state index contributed by atoms with van der Waals surface area (Å²) in [7, 11) is 0. The van der Waals surface area contributed by atoms with Crippen molar-refractivity contribution in [2.45, 2.75) is 39.0 Å². The minimum absolute atomic E-state index is 0. The molecule has 0 heterocycles. The van der Waals surface area contributed by atoms with E-state index in [-0.39, 0.29) is 29.6 Å². The number of hydrogen-bond donors (Lipinski definition) is 1. The van der Waals surface area contributed by atoms with Crippen LogP contribution in [0.2, 0.25) is 0 Å². The molecule has 70 valence electrons. The first-order chi connectivity index (χ1) is 5.59. The number of carboxylic acid groups (broad SMARTS) is 1. The Balaban J connectivity index is 0.00000144. The van der Waals surface area contributed by atoms with E-state index >= 15 is 0 Å². The molecule has 13 heavy (non-hydrogen) atoms. The average molecular weight is 192 g/mol. The fourth-order valence-electron chi connectivity index (χ4n) is 1.98. The van der Waals surface area contributed by atoms with Crippen LogP contribution < -0.4 is 0 Å². The molecule has 0 saturated heterocycles. The van der Waals surface area contributed by atoms with Crippen molar-refractivity contribution in [3.63, 3.8) is 0 Å². The molecule has 0 aromatic carbocycles. The van der Waals surface area contributed by atoms with E-state index in [0.29, 0.717) is 0 Å². The third-order valence-corrected chi connectivity index (χ3v) is 2.93. The van der Waals surface area contributed by atoms with E-state index in [2.05, 4.69) is 6.58 Å². The van der Waals surface area contributed by atoms with Gasteiger partial charge in [-0.05, 0) is 19.8 Å². The quantitative estimate of drug-likeness (QED) is 0.536. The zero-order valence-corrected chi connectivity index (χ0v) is 7.60. The van der Waals surface area contributed by atoms with Gasteiger partial charge in [-0.1, -0.05) is 31.4 Å². The van der Waals surface area contributed by atoms with Crippen LogP contribution in [0.5, 0.6) is 0 Å². The van der Waals surface area contributed by atoms with Crippen molar-refractivity contribution in [1.82, 2.24) is 0 Å². The molecule has 1 aliphatic carbocycles. The monoisotopic (exact) mass is 192 g/mol. The molecular weight excluding hydrogens is 175 g/mol. The SMILES string of the molecule is C=C(C)C1(C(=O)O)CCCCC1.[NaH]. The Hall–Kier alpha value is 0.210. The maximum atomic E-state index is 11.1. The summed E-state index contributed by atoms with van der Waals surface area (Å²) in [6, 6.07) is 0. The van der Waals surface area contributed by atoms with Gasteiger partial charge in [-0.2, -0.15) is 0 Å². The molecule has 1 rings (SSSR count). The van der Waals surface area contributed by atoms with Crippen LogP contribution in [0.3, 0.4) is 0 Å². The molecule has 0 unspecified atom stereocenters. The number of hydrogen-bond acceptors (Lipinski definition) is 1. The van der Waals surface area contributed by atoms with E-state index in [1.165, 1.54) is 6.42 Å². The van der Waals surface area contributed by atoms with Gasteiger partial charge in [-0.3, -0.25) is 4.79 Å². The van der Waals surface area contributed by atoms with Crippen molar-refractivity contribution in [3.8, 4) is 0 Å². The van der Waals surface area contributed by atoms with Crippen LogP contribution in [-0.4, -0.2) is 40.6 Å². The molecule has 1 N–H and O–H groups in total. The third-order valence-electron chi connectivity index (χ3n) is 2.93. The summed E-state index contributed by atoms with van der Waals surface area (Å²) in [5.41, 5.74) is 0.216. The van der Waals surface area contributed by atoms with Crippen LogP contribution in [0.1, 0.15) is 39.0 Å².